The molecule has 0 aliphatic rings. The van der Waals surface area contributed by atoms with Crippen LogP contribution in [-0.2, 0) is 20.5 Å². The zero-order valence-electron chi connectivity index (χ0n) is 30.2. The Morgan fingerprint density at radius 3 is 1.38 bits per heavy atom. The summed E-state index contributed by atoms with van der Waals surface area (Å²) in [5, 5.41) is 5.42. The molecule has 0 aromatic heterocycles. The Balaban J connectivity index is 1.39. The molecule has 52 heavy (non-hydrogen) atoms. The molecule has 0 radical (unpaired) electrons. The number of benzene rings is 6. The molecule has 0 saturated carbocycles. The average molecular weight is 722 g/mol. The average Bonchev–Trinajstić information content (AvgIpc) is 3.19. The fraction of sp³-hybridized carbons (Fsp3) is 0.196. The highest BCUT2D eigenvalue weighted by atomic mass is 32.2. The van der Waals surface area contributed by atoms with E-state index in [1.807, 2.05) is 42.1 Å². The second kappa shape index (κ2) is 17.1. The van der Waals surface area contributed by atoms with Crippen LogP contribution >= 0.6 is 11.8 Å². The summed E-state index contributed by atoms with van der Waals surface area (Å²) in [5.41, 5.74) is 4.42. The van der Waals surface area contributed by atoms with Gasteiger partial charge in [-0.05, 0) is 37.7 Å². The van der Waals surface area contributed by atoms with Crippen molar-refractivity contribution in [2.24, 2.45) is 0 Å². The van der Waals surface area contributed by atoms with Gasteiger partial charge in [-0.2, -0.15) is 0 Å². The highest BCUT2D eigenvalue weighted by molar-refractivity contribution is 8.00. The van der Waals surface area contributed by atoms with Crippen LogP contribution in [0.25, 0.3) is 0 Å². The van der Waals surface area contributed by atoms with E-state index in [1.165, 1.54) is 10.4 Å². The number of carbonyl (C=O) groups excluding carboxylic acids is 1. The van der Waals surface area contributed by atoms with Gasteiger partial charge >= 0.3 is 6.09 Å². The lowest BCUT2D eigenvalue weighted by Gasteiger charge is -2.44. The summed E-state index contributed by atoms with van der Waals surface area (Å²) >= 11 is 1.81. The van der Waals surface area contributed by atoms with Crippen molar-refractivity contribution in [1.29, 1.82) is 0 Å². The summed E-state index contributed by atoms with van der Waals surface area (Å²) in [7, 11) is -2.90. The molecule has 0 unspecified atom stereocenters. The third kappa shape index (κ3) is 8.26. The standard InChI is InChI=1S/C46H47NO3SSi/c1-45(2,3)52(42-30-18-8-19-31-42,43-32-20-9-21-33-43)50-35-41(47-44(48)49-34-37-22-10-4-11-23-37)36-51-46(38-24-12-5-13-25-38,39-26-14-6-15-27-39)40-28-16-7-17-29-40/h4-33,41H,34-36H2,1-3H3,(H,47,48)/t41-/m0/s1. The Bertz CT molecular complexity index is 1820. The van der Waals surface area contributed by atoms with Crippen LogP contribution in [0.2, 0.25) is 5.04 Å². The van der Waals surface area contributed by atoms with Gasteiger partial charge in [-0.3, -0.25) is 0 Å². The molecule has 6 heteroatoms. The first kappa shape index (κ1) is 36.9. The van der Waals surface area contributed by atoms with Crippen molar-refractivity contribution in [3.05, 3.63) is 204 Å². The second-order valence-corrected chi connectivity index (χ2v) is 19.5. The third-order valence-electron chi connectivity index (χ3n) is 9.49. The normalized spacial score (nSPS) is 12.5. The van der Waals surface area contributed by atoms with E-state index in [9.17, 15) is 4.79 Å². The van der Waals surface area contributed by atoms with Crippen LogP contribution in [0.5, 0.6) is 0 Å². The number of amides is 1. The summed E-state index contributed by atoms with van der Waals surface area (Å²) in [5.74, 6) is 0.553. The molecule has 264 valence electrons. The molecule has 0 bridgehead atoms. The van der Waals surface area contributed by atoms with Gasteiger partial charge in [-0.1, -0.05) is 203 Å². The molecule has 6 aromatic carbocycles. The lowest BCUT2D eigenvalue weighted by Crippen LogP contribution is -2.67. The van der Waals surface area contributed by atoms with Crippen LogP contribution in [0.1, 0.15) is 43.0 Å². The van der Waals surface area contributed by atoms with E-state index < -0.39 is 19.2 Å². The maximum Gasteiger partial charge on any atom is 0.407 e. The van der Waals surface area contributed by atoms with Crippen molar-refractivity contribution in [3.8, 4) is 0 Å². The highest BCUT2D eigenvalue weighted by Crippen LogP contribution is 2.48. The largest absolute Gasteiger partial charge is 0.445 e. The van der Waals surface area contributed by atoms with Crippen molar-refractivity contribution >= 4 is 36.5 Å². The van der Waals surface area contributed by atoms with E-state index in [2.05, 4.69) is 178 Å². The predicted molar refractivity (Wildman–Crippen MR) is 219 cm³/mol. The molecule has 0 heterocycles. The molecule has 1 N–H and O–H groups in total. The van der Waals surface area contributed by atoms with Crippen LogP contribution in [0.3, 0.4) is 0 Å². The summed E-state index contributed by atoms with van der Waals surface area (Å²) in [4.78, 5) is 13.6. The van der Waals surface area contributed by atoms with Gasteiger partial charge in [0.25, 0.3) is 8.32 Å². The van der Waals surface area contributed by atoms with E-state index in [1.54, 1.807) is 0 Å². The predicted octanol–water partition coefficient (Wildman–Crippen LogP) is 9.58. The Morgan fingerprint density at radius 1 is 0.596 bits per heavy atom. The van der Waals surface area contributed by atoms with Gasteiger partial charge in [0.1, 0.15) is 6.61 Å². The molecule has 1 atom stereocenters. The Labute approximate surface area is 314 Å². The van der Waals surface area contributed by atoms with Crippen molar-refractivity contribution in [3.63, 3.8) is 0 Å². The molecule has 4 nitrogen and oxygen atoms in total. The minimum absolute atomic E-state index is 0.185. The molecular formula is C46H47NO3SSi. The smallest absolute Gasteiger partial charge is 0.407 e. The minimum atomic E-state index is -2.90. The number of hydrogen-bond donors (Lipinski definition) is 1. The monoisotopic (exact) mass is 721 g/mol. The Hall–Kier alpha value is -4.88. The number of hydrogen-bond acceptors (Lipinski definition) is 4. The molecule has 6 aromatic rings. The SMILES string of the molecule is CC(C)(C)[Si](OC[C@@H](CSC(c1ccccc1)(c1ccccc1)c1ccccc1)NC(=O)OCc1ccccc1)(c1ccccc1)c1ccccc1. The van der Waals surface area contributed by atoms with Gasteiger partial charge in [0, 0.05) is 5.75 Å². The molecule has 1 amide bonds. The summed E-state index contributed by atoms with van der Waals surface area (Å²) < 4.78 is 12.7. The second-order valence-electron chi connectivity index (χ2n) is 14.0. The first-order valence-corrected chi connectivity index (χ1v) is 20.7. The highest BCUT2D eigenvalue weighted by Gasteiger charge is 2.50. The molecule has 0 saturated heterocycles. The van der Waals surface area contributed by atoms with Crippen molar-refractivity contribution in [1.82, 2.24) is 5.32 Å². The Kier molecular flexibility index (Phi) is 12.1. The zero-order valence-corrected chi connectivity index (χ0v) is 32.0. The quantitative estimate of drug-likeness (QED) is 0.0900. The maximum absolute atomic E-state index is 13.6. The van der Waals surface area contributed by atoms with Gasteiger partial charge in [0.15, 0.2) is 0 Å². The summed E-state index contributed by atoms with van der Waals surface area (Å²) in [6.07, 6.45) is -0.467. The number of alkyl carbamates (subject to hydrolysis) is 1. The molecular weight excluding hydrogens is 675 g/mol. The molecule has 6 rings (SSSR count). The third-order valence-corrected chi connectivity index (χ3v) is 16.2. The molecule has 0 spiro atoms. The van der Waals surface area contributed by atoms with Crippen molar-refractivity contribution < 1.29 is 14.0 Å². The van der Waals surface area contributed by atoms with E-state index in [4.69, 9.17) is 9.16 Å². The molecule has 0 aliphatic carbocycles. The number of thioether (sulfide) groups is 1. The van der Waals surface area contributed by atoms with E-state index in [0.29, 0.717) is 12.4 Å². The van der Waals surface area contributed by atoms with Crippen LogP contribution in [-0.4, -0.2) is 32.8 Å². The fourth-order valence-corrected chi connectivity index (χ4v) is 13.2. The van der Waals surface area contributed by atoms with Crippen molar-refractivity contribution in [2.75, 3.05) is 12.4 Å². The number of nitrogens with one attached hydrogen (secondary N) is 1. The molecule has 0 fully saturated rings. The summed E-state index contributed by atoms with van der Waals surface area (Å²) in [6.45, 7) is 7.31. The van der Waals surface area contributed by atoms with Crippen LogP contribution in [0, 0.1) is 0 Å². The van der Waals surface area contributed by atoms with E-state index >= 15 is 0 Å². The van der Waals surface area contributed by atoms with Crippen LogP contribution in [0.15, 0.2) is 182 Å². The minimum Gasteiger partial charge on any atom is -0.445 e. The van der Waals surface area contributed by atoms with Crippen molar-refractivity contribution in [2.45, 2.75) is 43.2 Å². The van der Waals surface area contributed by atoms with Crippen LogP contribution < -0.4 is 15.7 Å². The number of carbonyl (C=O) groups is 1. The first-order valence-electron chi connectivity index (χ1n) is 17.9. The van der Waals surface area contributed by atoms with Gasteiger partial charge in [0.05, 0.1) is 17.4 Å². The lowest BCUT2D eigenvalue weighted by molar-refractivity contribution is 0.132. The Morgan fingerprint density at radius 2 is 0.981 bits per heavy atom. The van der Waals surface area contributed by atoms with Gasteiger partial charge in [-0.25, -0.2) is 4.79 Å². The van der Waals surface area contributed by atoms with Gasteiger partial charge in [-0.15, -0.1) is 11.8 Å². The lowest BCUT2D eigenvalue weighted by atomic mass is 9.84. The fourth-order valence-electron chi connectivity index (χ4n) is 7.04. The van der Waals surface area contributed by atoms with E-state index in [-0.39, 0.29) is 17.7 Å². The molecule has 0 aliphatic heterocycles. The van der Waals surface area contributed by atoms with Crippen LogP contribution in [0.4, 0.5) is 4.79 Å². The number of rotatable bonds is 14. The number of ether oxygens (including phenoxy) is 1. The van der Waals surface area contributed by atoms with Gasteiger partial charge < -0.3 is 14.5 Å². The summed E-state index contributed by atoms with van der Waals surface area (Å²) in [6, 6.07) is 62.6. The zero-order chi connectivity index (χ0) is 36.3. The maximum atomic E-state index is 13.6. The van der Waals surface area contributed by atoms with Gasteiger partial charge in [0.2, 0.25) is 0 Å². The topological polar surface area (TPSA) is 47.6 Å². The first-order chi connectivity index (χ1) is 25.3. The van der Waals surface area contributed by atoms with E-state index in [0.717, 1.165) is 22.3 Å².